The molecule has 1 aliphatic heterocycles. The second kappa shape index (κ2) is 9.40. The predicted molar refractivity (Wildman–Crippen MR) is 128 cm³/mol. The van der Waals surface area contributed by atoms with Crippen LogP contribution >= 0.6 is 0 Å². The lowest BCUT2D eigenvalue weighted by Crippen LogP contribution is -2.37. The fourth-order valence-electron chi connectivity index (χ4n) is 4.23. The maximum absolute atomic E-state index is 6.18. The Hall–Kier alpha value is -3.89. The van der Waals surface area contributed by atoms with Gasteiger partial charge in [0, 0.05) is 60.3 Å². The summed E-state index contributed by atoms with van der Waals surface area (Å²) in [6.07, 6.45) is 2.79. The highest BCUT2D eigenvalue weighted by molar-refractivity contribution is 5.96. The molecule has 0 spiro atoms. The Bertz CT molecular complexity index is 1460. The molecule has 178 valence electrons. The van der Waals surface area contributed by atoms with Gasteiger partial charge >= 0.3 is 0 Å². The standard InChI is InChI=1S/C25H25N7O3/c1-17-14-22(30-35-17)24-28-27-23-20-4-2-3-5-21(20)25(29-32(23)24)34-16-18-6-7-19(26-15-18)8-9-31-10-12-33-13-11-31/h2-7,14-15H,8-13,16H2,1H3. The summed E-state index contributed by atoms with van der Waals surface area (Å²) in [5.74, 6) is 1.68. The van der Waals surface area contributed by atoms with Crippen molar-refractivity contribution in [3.05, 3.63) is 65.7 Å². The SMILES string of the molecule is Cc1cc(-c2nnc3c4ccccc4c(OCc4ccc(CCN5CCOCC5)nc4)nn23)no1. The van der Waals surface area contributed by atoms with Gasteiger partial charge in [-0.1, -0.05) is 29.4 Å². The first-order valence-electron chi connectivity index (χ1n) is 11.7. The number of morpholine rings is 1. The third kappa shape index (κ3) is 4.45. The molecule has 1 aliphatic rings. The van der Waals surface area contributed by atoms with Crippen LogP contribution in [-0.4, -0.2) is 67.7 Å². The molecule has 5 aromatic rings. The van der Waals surface area contributed by atoms with Gasteiger partial charge in [0.15, 0.2) is 11.3 Å². The minimum atomic E-state index is 0.347. The molecule has 0 bridgehead atoms. The smallest absolute Gasteiger partial charge is 0.240 e. The van der Waals surface area contributed by atoms with E-state index in [1.807, 2.05) is 37.4 Å². The molecule has 0 saturated carbocycles. The molecule has 5 heterocycles. The second-order valence-electron chi connectivity index (χ2n) is 8.58. The number of nitrogens with zero attached hydrogens (tertiary/aromatic N) is 7. The zero-order chi connectivity index (χ0) is 23.6. The van der Waals surface area contributed by atoms with Crippen LogP contribution in [0.5, 0.6) is 5.88 Å². The third-order valence-electron chi connectivity index (χ3n) is 6.14. The van der Waals surface area contributed by atoms with Crippen molar-refractivity contribution in [3.8, 4) is 17.4 Å². The molecule has 10 nitrogen and oxygen atoms in total. The number of hydrogen-bond donors (Lipinski definition) is 0. The highest BCUT2D eigenvalue weighted by Crippen LogP contribution is 2.29. The molecule has 0 amide bonds. The number of fused-ring (bicyclic) bond motifs is 3. The Balaban J connectivity index is 1.22. The van der Waals surface area contributed by atoms with Crippen LogP contribution in [-0.2, 0) is 17.8 Å². The fourth-order valence-corrected chi connectivity index (χ4v) is 4.23. The van der Waals surface area contributed by atoms with Crippen molar-refractivity contribution < 1.29 is 14.0 Å². The van der Waals surface area contributed by atoms with E-state index >= 15 is 0 Å². The molecule has 6 rings (SSSR count). The van der Waals surface area contributed by atoms with Crippen LogP contribution in [0.25, 0.3) is 27.9 Å². The Morgan fingerprint density at radius 1 is 1.03 bits per heavy atom. The summed E-state index contributed by atoms with van der Waals surface area (Å²) >= 11 is 0. The van der Waals surface area contributed by atoms with E-state index in [1.54, 1.807) is 10.6 Å². The molecule has 1 saturated heterocycles. The first-order chi connectivity index (χ1) is 17.2. The fraction of sp³-hybridized carbons (Fsp3) is 0.320. The van der Waals surface area contributed by atoms with E-state index in [2.05, 4.69) is 37.4 Å². The van der Waals surface area contributed by atoms with Crippen LogP contribution in [0.2, 0.25) is 0 Å². The number of benzene rings is 1. The molecule has 1 aromatic carbocycles. The zero-order valence-electron chi connectivity index (χ0n) is 19.4. The number of ether oxygens (including phenoxy) is 2. The number of aryl methyl sites for hydroxylation is 1. The lowest BCUT2D eigenvalue weighted by atomic mass is 10.2. The first kappa shape index (κ1) is 21.6. The Labute approximate surface area is 201 Å². The van der Waals surface area contributed by atoms with Gasteiger partial charge < -0.3 is 14.0 Å². The molecular formula is C25H25N7O3. The van der Waals surface area contributed by atoms with Crippen LogP contribution in [0.3, 0.4) is 0 Å². The highest BCUT2D eigenvalue weighted by Gasteiger charge is 2.18. The lowest BCUT2D eigenvalue weighted by Gasteiger charge is -2.26. The molecule has 0 radical (unpaired) electrons. The van der Waals surface area contributed by atoms with Gasteiger partial charge in [0.2, 0.25) is 11.7 Å². The number of hydrogen-bond acceptors (Lipinski definition) is 9. The molecule has 0 aliphatic carbocycles. The van der Waals surface area contributed by atoms with Gasteiger partial charge in [-0.3, -0.25) is 9.88 Å². The molecule has 10 heteroatoms. The van der Waals surface area contributed by atoms with Gasteiger partial charge in [0.1, 0.15) is 12.4 Å². The van der Waals surface area contributed by atoms with Crippen LogP contribution in [0.4, 0.5) is 0 Å². The normalized spacial score (nSPS) is 14.7. The van der Waals surface area contributed by atoms with E-state index in [-0.39, 0.29) is 0 Å². The van der Waals surface area contributed by atoms with Crippen LogP contribution in [0.1, 0.15) is 17.0 Å². The van der Waals surface area contributed by atoms with Gasteiger partial charge in [0.25, 0.3) is 0 Å². The summed E-state index contributed by atoms with van der Waals surface area (Å²) in [4.78, 5) is 7.04. The van der Waals surface area contributed by atoms with Crippen LogP contribution < -0.4 is 4.74 Å². The van der Waals surface area contributed by atoms with Crippen molar-refractivity contribution in [2.45, 2.75) is 20.0 Å². The van der Waals surface area contributed by atoms with Gasteiger partial charge in [-0.15, -0.1) is 15.3 Å². The number of rotatable bonds is 7. The molecule has 0 unspecified atom stereocenters. The van der Waals surface area contributed by atoms with Gasteiger partial charge in [-0.2, -0.15) is 4.52 Å². The lowest BCUT2D eigenvalue weighted by molar-refractivity contribution is 0.0383. The second-order valence-corrected chi connectivity index (χ2v) is 8.58. The Morgan fingerprint density at radius 3 is 2.66 bits per heavy atom. The average Bonchev–Trinajstić information content (AvgIpc) is 3.53. The predicted octanol–water partition coefficient (Wildman–Crippen LogP) is 3.09. The van der Waals surface area contributed by atoms with E-state index in [0.29, 0.717) is 35.4 Å². The largest absolute Gasteiger partial charge is 0.471 e. The topological polar surface area (TPSA) is 104 Å². The van der Waals surface area contributed by atoms with E-state index in [9.17, 15) is 0 Å². The average molecular weight is 472 g/mol. The number of aromatic nitrogens is 6. The molecule has 0 N–H and O–H groups in total. The Morgan fingerprint density at radius 2 is 1.89 bits per heavy atom. The number of pyridine rings is 1. The van der Waals surface area contributed by atoms with Gasteiger partial charge in [-0.05, 0) is 19.1 Å². The molecule has 35 heavy (non-hydrogen) atoms. The van der Waals surface area contributed by atoms with E-state index in [4.69, 9.17) is 19.1 Å². The minimum Gasteiger partial charge on any atom is -0.471 e. The van der Waals surface area contributed by atoms with E-state index in [1.165, 1.54) is 0 Å². The van der Waals surface area contributed by atoms with Crippen molar-refractivity contribution >= 4 is 16.4 Å². The summed E-state index contributed by atoms with van der Waals surface area (Å²) in [7, 11) is 0. The van der Waals surface area contributed by atoms with Gasteiger partial charge in [-0.25, -0.2) is 0 Å². The quantitative estimate of drug-likeness (QED) is 0.354. The summed E-state index contributed by atoms with van der Waals surface area (Å²) in [5, 5.41) is 19.2. The summed E-state index contributed by atoms with van der Waals surface area (Å²) in [6.45, 7) is 6.77. The van der Waals surface area contributed by atoms with Crippen LogP contribution in [0.15, 0.2) is 53.2 Å². The summed E-state index contributed by atoms with van der Waals surface area (Å²) in [6, 6.07) is 13.8. The van der Waals surface area contributed by atoms with Crippen LogP contribution in [0, 0.1) is 6.92 Å². The van der Waals surface area contributed by atoms with Gasteiger partial charge in [0.05, 0.1) is 13.2 Å². The van der Waals surface area contributed by atoms with Crippen molar-refractivity contribution in [1.82, 2.24) is 34.9 Å². The monoisotopic (exact) mass is 471 g/mol. The summed E-state index contributed by atoms with van der Waals surface area (Å²) in [5.41, 5.74) is 3.25. The van der Waals surface area contributed by atoms with Crippen molar-refractivity contribution in [2.75, 3.05) is 32.8 Å². The molecule has 0 atom stereocenters. The van der Waals surface area contributed by atoms with Crippen molar-refractivity contribution in [1.29, 1.82) is 0 Å². The molecule has 1 fully saturated rings. The maximum atomic E-state index is 6.18. The third-order valence-corrected chi connectivity index (χ3v) is 6.14. The molecule has 4 aromatic heterocycles. The minimum absolute atomic E-state index is 0.347. The highest BCUT2D eigenvalue weighted by atomic mass is 16.5. The molecular weight excluding hydrogens is 446 g/mol. The first-order valence-corrected chi connectivity index (χ1v) is 11.7. The Kier molecular flexibility index (Phi) is 5.81. The van der Waals surface area contributed by atoms with Crippen molar-refractivity contribution in [3.63, 3.8) is 0 Å². The van der Waals surface area contributed by atoms with E-state index < -0.39 is 0 Å². The zero-order valence-corrected chi connectivity index (χ0v) is 19.4. The van der Waals surface area contributed by atoms with E-state index in [0.717, 1.165) is 61.3 Å². The summed E-state index contributed by atoms with van der Waals surface area (Å²) < 4.78 is 18.5. The van der Waals surface area contributed by atoms with Crippen molar-refractivity contribution in [2.24, 2.45) is 0 Å². The maximum Gasteiger partial charge on any atom is 0.240 e.